The number of benzene rings is 1. The number of aliphatic imine (C=N–C) groups is 1. The maximum absolute atomic E-state index is 5.55. The number of piperidine rings is 1. The van der Waals surface area contributed by atoms with Crippen molar-refractivity contribution in [3.8, 4) is 5.75 Å². The third kappa shape index (κ3) is 5.71. The maximum Gasteiger partial charge on any atom is 0.193 e. The van der Waals surface area contributed by atoms with Gasteiger partial charge in [0.25, 0.3) is 0 Å². The second-order valence-electron chi connectivity index (χ2n) is 8.40. The Bertz CT molecular complexity index is 832. The number of guanidine groups is 1. The van der Waals surface area contributed by atoms with Gasteiger partial charge in [0.15, 0.2) is 5.96 Å². The first-order valence-corrected chi connectivity index (χ1v) is 12.2. The second-order valence-corrected chi connectivity index (χ2v) is 9.43. The lowest BCUT2D eigenvalue weighted by atomic mass is 9.98. The van der Waals surface area contributed by atoms with E-state index in [4.69, 9.17) is 4.74 Å². The van der Waals surface area contributed by atoms with Crippen LogP contribution in [0.3, 0.4) is 0 Å². The van der Waals surface area contributed by atoms with Gasteiger partial charge in [-0.05, 0) is 48.9 Å². The number of rotatable bonds is 6. The first-order chi connectivity index (χ1) is 15.3. The molecule has 7 heteroatoms. The Morgan fingerprint density at radius 3 is 2.71 bits per heavy atom. The summed E-state index contributed by atoms with van der Waals surface area (Å²) in [5.41, 5.74) is 1.18. The van der Waals surface area contributed by atoms with Crippen LogP contribution in [0.2, 0.25) is 0 Å². The number of methoxy groups -OCH3 is 1. The molecule has 2 aromatic rings. The lowest BCUT2D eigenvalue weighted by molar-refractivity contribution is 0.169. The van der Waals surface area contributed by atoms with Crippen molar-refractivity contribution in [1.29, 1.82) is 0 Å². The molecule has 1 N–H and O–H groups in total. The van der Waals surface area contributed by atoms with Crippen molar-refractivity contribution in [3.63, 3.8) is 0 Å². The molecule has 31 heavy (non-hydrogen) atoms. The van der Waals surface area contributed by atoms with Crippen molar-refractivity contribution in [2.75, 3.05) is 64.9 Å². The smallest absolute Gasteiger partial charge is 0.193 e. The molecule has 1 unspecified atom stereocenters. The van der Waals surface area contributed by atoms with Gasteiger partial charge in [-0.15, -0.1) is 11.3 Å². The topological polar surface area (TPSA) is 43.3 Å². The number of ether oxygens (including phenoxy) is 1. The summed E-state index contributed by atoms with van der Waals surface area (Å²) < 4.78 is 5.55. The zero-order valence-corrected chi connectivity index (χ0v) is 19.6. The molecule has 1 atom stereocenters. The quantitative estimate of drug-likeness (QED) is 0.550. The van der Waals surface area contributed by atoms with Crippen LogP contribution < -0.4 is 15.0 Å². The molecule has 2 aliphatic rings. The molecular weight excluding hydrogens is 406 g/mol. The van der Waals surface area contributed by atoms with Gasteiger partial charge in [-0.25, -0.2) is 0 Å². The van der Waals surface area contributed by atoms with Crippen LogP contribution in [-0.2, 0) is 6.54 Å². The van der Waals surface area contributed by atoms with Crippen LogP contribution in [0, 0.1) is 5.92 Å². The molecule has 0 radical (unpaired) electrons. The highest BCUT2D eigenvalue weighted by atomic mass is 32.1. The van der Waals surface area contributed by atoms with E-state index in [2.05, 4.69) is 54.7 Å². The Labute approximate surface area is 190 Å². The van der Waals surface area contributed by atoms with Gasteiger partial charge in [-0.3, -0.25) is 9.89 Å². The van der Waals surface area contributed by atoms with E-state index in [-0.39, 0.29) is 0 Å². The first-order valence-electron chi connectivity index (χ1n) is 11.3. The van der Waals surface area contributed by atoms with Crippen LogP contribution in [-0.4, -0.2) is 75.7 Å². The molecule has 3 heterocycles. The lowest BCUT2D eigenvalue weighted by Gasteiger charge is -2.39. The molecule has 1 aromatic heterocycles. The number of nitrogens with one attached hydrogen (secondary N) is 1. The average Bonchev–Trinajstić information content (AvgIpc) is 3.33. The van der Waals surface area contributed by atoms with Crippen LogP contribution in [0.4, 0.5) is 5.69 Å². The Morgan fingerprint density at radius 2 is 1.97 bits per heavy atom. The van der Waals surface area contributed by atoms with Crippen LogP contribution in [0.15, 0.2) is 46.8 Å². The standard InChI is InChI=1S/C24H35N5OS/c1-25-24(26-17-20-7-5-11-27(18-20)19-21-8-6-16-31-21)29-14-12-28(13-15-29)22-9-3-4-10-23(22)30-2/h3-4,6,8-10,16,20H,5,7,11-15,17-19H2,1-2H3,(H,25,26). The van der Waals surface area contributed by atoms with Crippen molar-refractivity contribution >= 4 is 23.0 Å². The van der Waals surface area contributed by atoms with Crippen molar-refractivity contribution < 1.29 is 4.74 Å². The molecule has 0 amide bonds. The molecule has 2 aliphatic heterocycles. The van der Waals surface area contributed by atoms with Gasteiger partial charge in [-0.2, -0.15) is 0 Å². The minimum absolute atomic E-state index is 0.681. The number of anilines is 1. The van der Waals surface area contributed by atoms with Gasteiger partial charge in [0, 0.05) is 57.7 Å². The second kappa shape index (κ2) is 10.9. The van der Waals surface area contributed by atoms with Gasteiger partial charge in [-0.1, -0.05) is 18.2 Å². The third-order valence-electron chi connectivity index (χ3n) is 6.33. The molecule has 2 fully saturated rings. The van der Waals surface area contributed by atoms with Gasteiger partial charge in [0.1, 0.15) is 5.75 Å². The zero-order valence-electron chi connectivity index (χ0n) is 18.8. The highest BCUT2D eigenvalue weighted by molar-refractivity contribution is 7.09. The SMILES string of the molecule is CN=C(NCC1CCCN(Cc2cccs2)C1)N1CCN(c2ccccc2OC)CC1. The average molecular weight is 442 g/mol. The molecule has 1 aromatic carbocycles. The highest BCUT2D eigenvalue weighted by Crippen LogP contribution is 2.28. The van der Waals surface area contributed by atoms with Crippen LogP contribution in [0.25, 0.3) is 0 Å². The van der Waals surface area contributed by atoms with Crippen molar-refractivity contribution in [3.05, 3.63) is 46.7 Å². The summed E-state index contributed by atoms with van der Waals surface area (Å²) in [5.74, 6) is 2.67. The van der Waals surface area contributed by atoms with Crippen molar-refractivity contribution in [2.45, 2.75) is 19.4 Å². The Balaban J connectivity index is 1.25. The van der Waals surface area contributed by atoms with E-state index in [9.17, 15) is 0 Å². The monoisotopic (exact) mass is 441 g/mol. The highest BCUT2D eigenvalue weighted by Gasteiger charge is 2.24. The van der Waals surface area contributed by atoms with E-state index in [1.165, 1.54) is 36.5 Å². The van der Waals surface area contributed by atoms with E-state index < -0.39 is 0 Å². The van der Waals surface area contributed by atoms with E-state index in [1.807, 2.05) is 30.5 Å². The number of hydrogen-bond acceptors (Lipinski definition) is 5. The molecule has 2 saturated heterocycles. The number of thiophene rings is 1. The Kier molecular flexibility index (Phi) is 7.70. The fraction of sp³-hybridized carbons (Fsp3) is 0.542. The molecule has 0 aliphatic carbocycles. The van der Waals surface area contributed by atoms with Crippen molar-refractivity contribution in [1.82, 2.24) is 15.1 Å². The minimum Gasteiger partial charge on any atom is -0.495 e. The van der Waals surface area contributed by atoms with Crippen LogP contribution in [0.1, 0.15) is 17.7 Å². The summed E-state index contributed by atoms with van der Waals surface area (Å²) in [5, 5.41) is 5.85. The summed E-state index contributed by atoms with van der Waals surface area (Å²) in [6.45, 7) is 8.35. The number of piperazine rings is 1. The molecule has 0 bridgehead atoms. The number of hydrogen-bond donors (Lipinski definition) is 1. The van der Waals surface area contributed by atoms with Crippen molar-refractivity contribution in [2.24, 2.45) is 10.9 Å². The molecule has 0 spiro atoms. The summed E-state index contributed by atoms with van der Waals surface area (Å²) in [6.07, 6.45) is 2.58. The normalized spacial score (nSPS) is 20.7. The zero-order chi connectivity index (χ0) is 21.5. The molecule has 6 nitrogen and oxygen atoms in total. The molecule has 0 saturated carbocycles. The van der Waals surface area contributed by atoms with Crippen LogP contribution in [0.5, 0.6) is 5.75 Å². The van der Waals surface area contributed by atoms with E-state index in [1.54, 1.807) is 7.11 Å². The van der Waals surface area contributed by atoms with Crippen LogP contribution >= 0.6 is 11.3 Å². The number of nitrogens with zero attached hydrogens (tertiary/aromatic N) is 4. The van der Waals surface area contributed by atoms with Gasteiger partial charge in [0.05, 0.1) is 12.8 Å². The fourth-order valence-corrected chi connectivity index (χ4v) is 5.45. The largest absolute Gasteiger partial charge is 0.495 e. The van der Waals surface area contributed by atoms with E-state index in [0.29, 0.717) is 5.92 Å². The predicted octanol–water partition coefficient (Wildman–Crippen LogP) is 3.37. The van der Waals surface area contributed by atoms with E-state index in [0.717, 1.165) is 51.0 Å². The number of likely N-dealkylation sites (tertiary alicyclic amines) is 1. The first kappa shape index (κ1) is 22.0. The lowest BCUT2D eigenvalue weighted by Crippen LogP contribution is -2.53. The minimum atomic E-state index is 0.681. The van der Waals surface area contributed by atoms with E-state index >= 15 is 0 Å². The third-order valence-corrected chi connectivity index (χ3v) is 7.19. The molecule has 168 valence electrons. The molecule has 4 rings (SSSR count). The fourth-order valence-electron chi connectivity index (χ4n) is 4.70. The Morgan fingerprint density at radius 1 is 1.13 bits per heavy atom. The maximum atomic E-state index is 5.55. The summed E-state index contributed by atoms with van der Waals surface area (Å²) >= 11 is 1.86. The summed E-state index contributed by atoms with van der Waals surface area (Å²) in [6, 6.07) is 12.7. The van der Waals surface area contributed by atoms with Gasteiger partial charge < -0.3 is 19.9 Å². The van der Waals surface area contributed by atoms with Gasteiger partial charge >= 0.3 is 0 Å². The number of para-hydroxylation sites is 2. The predicted molar refractivity (Wildman–Crippen MR) is 130 cm³/mol. The molecular formula is C24H35N5OS. The summed E-state index contributed by atoms with van der Waals surface area (Å²) in [4.78, 5) is 13.5. The van der Waals surface area contributed by atoms with Gasteiger partial charge in [0.2, 0.25) is 0 Å². The summed E-state index contributed by atoms with van der Waals surface area (Å²) in [7, 11) is 3.65. The Hall–Kier alpha value is -2.25.